The van der Waals surface area contributed by atoms with Gasteiger partial charge in [-0.15, -0.1) is 0 Å². The summed E-state index contributed by atoms with van der Waals surface area (Å²) in [7, 11) is -34.0. The van der Waals surface area contributed by atoms with Crippen molar-refractivity contribution in [1.82, 2.24) is 39.9 Å². The van der Waals surface area contributed by atoms with Crippen LogP contribution in [0.1, 0.15) is 0 Å². The van der Waals surface area contributed by atoms with Crippen LogP contribution in [0.15, 0.2) is 97.1 Å². The molecule has 2 aliphatic rings. The van der Waals surface area contributed by atoms with E-state index in [1.54, 1.807) is 0 Å². The van der Waals surface area contributed by atoms with E-state index >= 15 is 0 Å². The van der Waals surface area contributed by atoms with Gasteiger partial charge in [-0.25, -0.2) is 29.9 Å². The first-order chi connectivity index (χ1) is 26.8. The van der Waals surface area contributed by atoms with Crippen LogP contribution in [0.4, 0.5) is 0 Å². The first-order valence-corrected chi connectivity index (χ1v) is 28.8. The molecule has 9 rings (SSSR count). The second kappa shape index (κ2) is 19.2. The summed E-state index contributed by atoms with van der Waals surface area (Å²) >= 11 is 0. The van der Waals surface area contributed by atoms with Gasteiger partial charge in [0.05, 0.1) is 0 Å². The second-order valence-electron chi connectivity index (χ2n) is 11.7. The summed E-state index contributed by atoms with van der Waals surface area (Å²) in [6.45, 7) is 0. The zero-order valence-electron chi connectivity index (χ0n) is 27.9. The summed E-state index contributed by atoms with van der Waals surface area (Å²) in [4.78, 5) is 36.8. The fourth-order valence-corrected chi connectivity index (χ4v) is 33.9. The minimum atomic E-state index is -7.77. The van der Waals surface area contributed by atoms with E-state index in [0.29, 0.717) is 45.9 Å². The molecule has 6 N–H and O–H groups in total. The molecule has 5 heterocycles. The molecule has 3 aromatic heterocycles. The van der Waals surface area contributed by atoms with E-state index in [1.165, 1.54) is 0 Å². The van der Waals surface area contributed by atoms with E-state index in [4.69, 9.17) is 48.1 Å². The van der Waals surface area contributed by atoms with E-state index in [-0.39, 0.29) is 118 Å². The summed E-state index contributed by atoms with van der Waals surface area (Å²) < 4.78 is 118. The van der Waals surface area contributed by atoms with Gasteiger partial charge < -0.3 is 9.97 Å². The summed E-state index contributed by atoms with van der Waals surface area (Å²) in [5.41, 5.74) is 6.45. The maximum Gasteiger partial charge on any atom is 0.164 e. The SMILES string of the molecule is O=[S](=O)(O)[Rh]([S](=O)(=O)O)([S](=O)(=O)O)[S](=O)(=O)O.[NaH].[NaH].[NaH].[NaH].c1ccc2c(c1)-c1nc-2nc2[nH]c(nc3nc(nc4[nH]c(n1)c1ccccc41)-c1ccccc1-3)c1ccccc21. The van der Waals surface area contributed by atoms with Crippen LogP contribution in [0.25, 0.3) is 89.7 Å². The predicted molar refractivity (Wildman–Crippen MR) is 231 cm³/mol. The van der Waals surface area contributed by atoms with Crippen molar-refractivity contribution in [3.05, 3.63) is 97.1 Å². The van der Waals surface area contributed by atoms with E-state index in [1.807, 2.05) is 97.1 Å². The Balaban J connectivity index is 0.000000339. The van der Waals surface area contributed by atoms with Crippen molar-refractivity contribution in [2.45, 2.75) is 0 Å². The number of hydrogen-bond acceptors (Lipinski definition) is 14. The number of nitrogens with one attached hydrogen (secondary N) is 2. The third-order valence-electron chi connectivity index (χ3n) is 8.30. The zero-order valence-corrected chi connectivity index (χ0v) is 32.8. The van der Waals surface area contributed by atoms with Crippen LogP contribution in [0.3, 0.4) is 0 Å². The molecule has 7 aromatic rings. The maximum absolute atomic E-state index is 10.6. The molecular weight excluding hydrogens is 1010 g/mol. The van der Waals surface area contributed by atoms with Gasteiger partial charge in [-0.05, 0) is 0 Å². The molecule has 4 aromatic carbocycles. The molecule has 0 aliphatic carbocycles. The number of H-pyrrole nitrogens is 2. The Morgan fingerprint density at radius 2 is 0.541 bits per heavy atom. The Kier molecular flexibility index (Phi) is 16.4. The molecule has 29 heteroatoms. The zero-order chi connectivity index (χ0) is 40.7. The Hall–Kier alpha value is -1.50. The van der Waals surface area contributed by atoms with Crippen LogP contribution in [-0.4, -0.2) is 210 Å². The number of benzene rings is 4. The number of rotatable bonds is 4. The normalized spacial score (nSPS) is 12.5. The molecule has 0 fully saturated rings. The molecular formula is C32H26N8Na4O12RhS4. The van der Waals surface area contributed by atoms with Crippen LogP contribution >= 0.6 is 0 Å². The Morgan fingerprint density at radius 1 is 0.344 bits per heavy atom. The number of hydrogen-bond donors (Lipinski definition) is 6. The number of aromatic amines is 2. The van der Waals surface area contributed by atoms with Crippen molar-refractivity contribution >= 4 is 195 Å². The Labute approximate surface area is 432 Å². The third-order valence-corrected chi connectivity index (χ3v) is 52.3. The molecule has 0 spiro atoms. The smallest absolute Gasteiger partial charge is 0.164 e. The van der Waals surface area contributed by atoms with Gasteiger partial charge in [0, 0.05) is 43.8 Å². The molecule has 303 valence electrons. The average molecular weight is 1040 g/mol. The number of aromatic nitrogens is 8. The molecule has 20 nitrogen and oxygen atoms in total. The first-order valence-electron chi connectivity index (χ1n) is 15.6. The molecule has 0 amide bonds. The topological polar surface area (TPSA) is 326 Å². The minimum absolute atomic E-state index is 0. The monoisotopic (exact) mass is 1040 g/mol. The van der Waals surface area contributed by atoms with E-state index < -0.39 is 42.3 Å². The van der Waals surface area contributed by atoms with Crippen molar-refractivity contribution in [3.8, 4) is 45.6 Å². The number of nitrogens with zero attached hydrogens (tertiary/aromatic N) is 6. The van der Waals surface area contributed by atoms with E-state index in [0.717, 1.165) is 43.8 Å². The van der Waals surface area contributed by atoms with E-state index in [9.17, 15) is 33.7 Å². The molecule has 0 atom stereocenters. The van der Waals surface area contributed by atoms with Crippen molar-refractivity contribution in [2.24, 2.45) is 0 Å². The van der Waals surface area contributed by atoms with Crippen molar-refractivity contribution in [1.29, 1.82) is 0 Å². The Morgan fingerprint density at radius 3 is 0.721 bits per heavy atom. The van der Waals surface area contributed by atoms with Gasteiger partial charge in [-0.2, -0.15) is 0 Å². The predicted octanol–water partition coefficient (Wildman–Crippen LogP) is 1.63. The van der Waals surface area contributed by atoms with Gasteiger partial charge in [-0.1, -0.05) is 97.1 Å². The van der Waals surface area contributed by atoms with Crippen LogP contribution in [0.2, 0.25) is 0 Å². The van der Waals surface area contributed by atoms with Gasteiger partial charge in [0.2, 0.25) is 0 Å². The molecule has 2 aliphatic heterocycles. The van der Waals surface area contributed by atoms with Crippen molar-refractivity contribution in [3.63, 3.8) is 0 Å². The maximum atomic E-state index is 10.6. The van der Waals surface area contributed by atoms with Gasteiger partial charge in [0.15, 0.2) is 23.3 Å². The quantitative estimate of drug-likeness (QED) is 0.108. The summed E-state index contributed by atoms with van der Waals surface area (Å²) in [6.07, 6.45) is 0. The van der Waals surface area contributed by atoms with Crippen LogP contribution in [0.5, 0.6) is 0 Å². The molecule has 0 saturated carbocycles. The standard InChI is InChI=1S/C32H18N8.4Na.4HO3S.Rh.4H/c1-2-10-18-17(9-1)25-33-26(18)38-28-21-13-5-6-14-22(21)30(35-28)40-32-24-16-8-7-15-23(24)31(36-32)39-29-20-12-4-3-11-19(20)27(34-29)37-25;;;;;4*1-4(2)3;;;;;/h1-16H,(H2,33,34,35,36,37,38,39,40);;;;;4*(H,1,2,3);;;;;. The second-order valence-corrected chi connectivity index (χ2v) is 42.4. The van der Waals surface area contributed by atoms with E-state index in [2.05, 4.69) is 9.97 Å². The molecule has 0 radical (unpaired) electrons. The fraction of sp³-hybridized carbons (Fsp3) is 0. The van der Waals surface area contributed by atoms with Crippen molar-refractivity contribution in [2.75, 3.05) is 0 Å². The Bertz CT molecular complexity index is 3080. The summed E-state index contributed by atoms with van der Waals surface area (Å²) in [6, 6.07) is 32.2. The van der Waals surface area contributed by atoms with Gasteiger partial charge in [-0.3, -0.25) is 0 Å². The van der Waals surface area contributed by atoms with Crippen LogP contribution in [-0.2, 0) is 42.3 Å². The van der Waals surface area contributed by atoms with Crippen LogP contribution < -0.4 is 0 Å². The first kappa shape index (κ1) is 52.1. The van der Waals surface area contributed by atoms with Gasteiger partial charge in [0.25, 0.3) is 0 Å². The number of fused-ring (bicyclic) bond motifs is 20. The summed E-state index contributed by atoms with van der Waals surface area (Å²) in [5.74, 6) is 2.39. The minimum Gasteiger partial charge on any atom is -0.324 e. The van der Waals surface area contributed by atoms with Crippen LogP contribution in [0, 0.1) is 0 Å². The third kappa shape index (κ3) is 9.20. The largest absolute Gasteiger partial charge is 0.324 e. The molecule has 0 unspecified atom stereocenters. The van der Waals surface area contributed by atoms with Gasteiger partial charge >= 0.3 is 212 Å². The van der Waals surface area contributed by atoms with Gasteiger partial charge in [0.1, 0.15) is 22.6 Å². The fourth-order valence-electron chi connectivity index (χ4n) is 6.12. The van der Waals surface area contributed by atoms with Crippen molar-refractivity contribution < 1.29 is 61.8 Å². The molecule has 0 saturated heterocycles. The molecule has 61 heavy (non-hydrogen) atoms. The average Bonchev–Trinajstić information content (AvgIpc) is 3.85. The summed E-state index contributed by atoms with van der Waals surface area (Å²) in [5, 5.41) is 3.82. The molecule has 8 bridgehead atoms.